The molecule has 9 heteroatoms. The molecule has 1 atom stereocenters. The Bertz CT molecular complexity index is 820. The highest BCUT2D eigenvalue weighted by molar-refractivity contribution is 7.86. The van der Waals surface area contributed by atoms with Crippen molar-refractivity contribution in [1.82, 2.24) is 19.2 Å². The molecule has 2 fully saturated rings. The SMILES string of the molecule is CN(C)S(=O)(=O)N1CC(Cc2ccccc2)(C(=O)NC2CCCCNC2=O)C1. The molecule has 1 unspecified atom stereocenters. The maximum atomic E-state index is 13.2. The topological polar surface area (TPSA) is 98.8 Å². The van der Waals surface area contributed by atoms with Crippen molar-refractivity contribution in [1.29, 1.82) is 0 Å². The number of nitrogens with zero attached hydrogens (tertiary/aromatic N) is 2. The first-order valence-corrected chi connectivity index (χ1v) is 10.9. The van der Waals surface area contributed by atoms with E-state index < -0.39 is 21.7 Å². The van der Waals surface area contributed by atoms with Gasteiger partial charge in [-0.3, -0.25) is 9.59 Å². The smallest absolute Gasteiger partial charge is 0.281 e. The molecular formula is C19H28N4O4S. The minimum Gasteiger partial charge on any atom is -0.354 e. The summed E-state index contributed by atoms with van der Waals surface area (Å²) in [5.41, 5.74) is 0.0849. The van der Waals surface area contributed by atoms with Gasteiger partial charge >= 0.3 is 0 Å². The Balaban J connectivity index is 1.79. The first-order valence-electron chi connectivity index (χ1n) is 9.55. The third-order valence-electron chi connectivity index (χ3n) is 5.45. The fourth-order valence-electron chi connectivity index (χ4n) is 3.73. The van der Waals surface area contributed by atoms with Crippen molar-refractivity contribution < 1.29 is 18.0 Å². The van der Waals surface area contributed by atoms with E-state index in [2.05, 4.69) is 10.6 Å². The highest BCUT2D eigenvalue weighted by Gasteiger charge is 2.54. The van der Waals surface area contributed by atoms with Gasteiger partial charge in [0.2, 0.25) is 11.8 Å². The summed E-state index contributed by atoms with van der Waals surface area (Å²) in [4.78, 5) is 25.4. The maximum absolute atomic E-state index is 13.2. The molecule has 0 radical (unpaired) electrons. The maximum Gasteiger partial charge on any atom is 0.281 e. The van der Waals surface area contributed by atoms with E-state index >= 15 is 0 Å². The lowest BCUT2D eigenvalue weighted by molar-refractivity contribution is -0.141. The van der Waals surface area contributed by atoms with E-state index in [0.29, 0.717) is 19.4 Å². The summed E-state index contributed by atoms with van der Waals surface area (Å²) in [6.07, 6.45) is 2.77. The first kappa shape index (κ1) is 20.8. The molecule has 2 aliphatic heterocycles. The van der Waals surface area contributed by atoms with Crippen LogP contribution in [0.4, 0.5) is 0 Å². The van der Waals surface area contributed by atoms with Gasteiger partial charge in [-0.2, -0.15) is 17.0 Å². The Morgan fingerprint density at radius 1 is 1.25 bits per heavy atom. The van der Waals surface area contributed by atoms with Crippen LogP contribution in [0.3, 0.4) is 0 Å². The Morgan fingerprint density at radius 2 is 1.93 bits per heavy atom. The summed E-state index contributed by atoms with van der Waals surface area (Å²) >= 11 is 0. The minimum atomic E-state index is -3.58. The zero-order chi connectivity index (χ0) is 20.4. The predicted octanol–water partition coefficient (Wildman–Crippen LogP) is 0.122. The average Bonchev–Trinajstić information content (AvgIpc) is 2.82. The summed E-state index contributed by atoms with van der Waals surface area (Å²) < 4.78 is 27.3. The van der Waals surface area contributed by atoms with E-state index in [4.69, 9.17) is 0 Å². The van der Waals surface area contributed by atoms with Crippen LogP contribution < -0.4 is 10.6 Å². The van der Waals surface area contributed by atoms with Crippen LogP contribution in [0.1, 0.15) is 24.8 Å². The quantitative estimate of drug-likeness (QED) is 0.699. The number of nitrogens with one attached hydrogen (secondary N) is 2. The molecule has 2 amide bonds. The standard InChI is InChI=1S/C19H28N4O4S/c1-22(2)28(26,27)23-13-19(14-23,12-15-8-4-3-5-9-15)18(25)21-16-10-6-7-11-20-17(16)24/h3-5,8-9,16H,6-7,10-14H2,1-2H3,(H,20,24)(H,21,25). The highest BCUT2D eigenvalue weighted by atomic mass is 32.2. The molecule has 0 aliphatic carbocycles. The van der Waals surface area contributed by atoms with Gasteiger partial charge in [0.05, 0.1) is 5.41 Å². The third-order valence-corrected chi connectivity index (χ3v) is 7.29. The lowest BCUT2D eigenvalue weighted by Gasteiger charge is -2.48. The van der Waals surface area contributed by atoms with Gasteiger partial charge in [0.15, 0.2) is 0 Å². The van der Waals surface area contributed by atoms with Crippen LogP contribution in [0.5, 0.6) is 0 Å². The van der Waals surface area contributed by atoms with E-state index in [1.807, 2.05) is 30.3 Å². The van der Waals surface area contributed by atoms with E-state index in [-0.39, 0.29) is 24.9 Å². The molecule has 8 nitrogen and oxygen atoms in total. The van der Waals surface area contributed by atoms with Crippen LogP contribution in [0.25, 0.3) is 0 Å². The Labute approximate surface area is 166 Å². The number of carbonyl (C=O) groups excluding carboxylic acids is 2. The molecule has 2 N–H and O–H groups in total. The number of hydrogen-bond donors (Lipinski definition) is 2. The van der Waals surface area contributed by atoms with Crippen LogP contribution in [0, 0.1) is 5.41 Å². The Kier molecular flexibility index (Phi) is 6.07. The molecule has 28 heavy (non-hydrogen) atoms. The first-order chi connectivity index (χ1) is 13.2. The number of hydrogen-bond acceptors (Lipinski definition) is 4. The zero-order valence-electron chi connectivity index (χ0n) is 16.3. The van der Waals surface area contributed by atoms with Crippen LogP contribution in [-0.2, 0) is 26.2 Å². The van der Waals surface area contributed by atoms with Crippen molar-refractivity contribution >= 4 is 22.0 Å². The van der Waals surface area contributed by atoms with E-state index in [0.717, 1.165) is 22.7 Å². The molecule has 0 aromatic heterocycles. The normalized spacial score (nSPS) is 22.8. The monoisotopic (exact) mass is 408 g/mol. The summed E-state index contributed by atoms with van der Waals surface area (Å²) in [6, 6.07) is 8.98. The van der Waals surface area contributed by atoms with Crippen LogP contribution >= 0.6 is 0 Å². The molecule has 0 spiro atoms. The van der Waals surface area contributed by atoms with Crippen molar-refractivity contribution in [3.8, 4) is 0 Å². The summed E-state index contributed by atoms with van der Waals surface area (Å²) in [5.74, 6) is -0.429. The molecule has 2 heterocycles. The molecule has 2 aliphatic rings. The lowest BCUT2D eigenvalue weighted by Crippen LogP contribution is -2.68. The van der Waals surface area contributed by atoms with Crippen molar-refractivity contribution in [3.05, 3.63) is 35.9 Å². The molecular weight excluding hydrogens is 380 g/mol. The summed E-state index contributed by atoms with van der Waals surface area (Å²) in [6.45, 7) is 0.820. The van der Waals surface area contributed by atoms with E-state index in [1.54, 1.807) is 0 Å². The second kappa shape index (κ2) is 8.18. The molecule has 154 valence electrons. The van der Waals surface area contributed by atoms with Gasteiger partial charge in [-0.1, -0.05) is 30.3 Å². The summed E-state index contributed by atoms with van der Waals surface area (Å²) in [5, 5.41) is 5.71. The largest absolute Gasteiger partial charge is 0.354 e. The van der Waals surface area contributed by atoms with Crippen LogP contribution in [0.15, 0.2) is 30.3 Å². The molecule has 1 aromatic rings. The Hall–Kier alpha value is -1.97. The van der Waals surface area contributed by atoms with Gasteiger partial charge in [-0.15, -0.1) is 0 Å². The van der Waals surface area contributed by atoms with Gasteiger partial charge in [-0.05, 0) is 31.2 Å². The second-order valence-corrected chi connectivity index (χ2v) is 9.96. The van der Waals surface area contributed by atoms with Crippen molar-refractivity contribution in [3.63, 3.8) is 0 Å². The fourth-order valence-corrected chi connectivity index (χ4v) is 5.02. The molecule has 0 bridgehead atoms. The van der Waals surface area contributed by atoms with Gasteiger partial charge in [0.1, 0.15) is 6.04 Å². The van der Waals surface area contributed by atoms with Crippen LogP contribution in [0.2, 0.25) is 0 Å². The fraction of sp³-hybridized carbons (Fsp3) is 0.579. The highest BCUT2D eigenvalue weighted by Crippen LogP contribution is 2.37. The van der Waals surface area contributed by atoms with Crippen LogP contribution in [-0.4, -0.2) is 68.6 Å². The predicted molar refractivity (Wildman–Crippen MR) is 106 cm³/mol. The van der Waals surface area contributed by atoms with Crippen molar-refractivity contribution in [2.45, 2.75) is 31.7 Å². The number of benzene rings is 1. The van der Waals surface area contributed by atoms with Crippen molar-refractivity contribution in [2.75, 3.05) is 33.7 Å². The number of carbonyl (C=O) groups is 2. The minimum absolute atomic E-state index is 0.0998. The Morgan fingerprint density at radius 3 is 2.57 bits per heavy atom. The van der Waals surface area contributed by atoms with E-state index in [9.17, 15) is 18.0 Å². The van der Waals surface area contributed by atoms with Gasteiger partial charge < -0.3 is 10.6 Å². The second-order valence-electron chi connectivity index (χ2n) is 7.81. The lowest BCUT2D eigenvalue weighted by atomic mass is 9.75. The average molecular weight is 409 g/mol. The van der Waals surface area contributed by atoms with Gasteiger partial charge in [-0.25, -0.2) is 0 Å². The van der Waals surface area contributed by atoms with Gasteiger partial charge in [0, 0.05) is 33.7 Å². The van der Waals surface area contributed by atoms with E-state index in [1.165, 1.54) is 18.4 Å². The number of amides is 2. The number of rotatable bonds is 6. The molecule has 2 saturated heterocycles. The molecule has 1 aromatic carbocycles. The van der Waals surface area contributed by atoms with Gasteiger partial charge in [0.25, 0.3) is 10.2 Å². The third kappa shape index (κ3) is 4.21. The van der Waals surface area contributed by atoms with Crippen molar-refractivity contribution in [2.24, 2.45) is 5.41 Å². The zero-order valence-corrected chi connectivity index (χ0v) is 17.2. The molecule has 3 rings (SSSR count). The summed E-state index contributed by atoms with van der Waals surface area (Å²) in [7, 11) is -0.630. The molecule has 0 saturated carbocycles.